The fraction of sp³-hybridized carbons (Fsp3) is 0.333. The maximum atomic E-state index is 12.6. The van der Waals surface area contributed by atoms with Crippen LogP contribution >= 0.6 is 0 Å². The van der Waals surface area contributed by atoms with Crippen molar-refractivity contribution in [3.8, 4) is 5.75 Å². The first-order valence-corrected chi connectivity index (χ1v) is 8.79. The normalized spacial score (nSPS) is 12.2. The highest BCUT2D eigenvalue weighted by Crippen LogP contribution is 2.29. The van der Waals surface area contributed by atoms with Gasteiger partial charge in [0.2, 0.25) is 9.84 Å². The quantitative estimate of drug-likeness (QED) is 0.829. The number of methoxy groups -OCH3 is 1. The largest absolute Gasteiger partial charge is 0.497 e. The van der Waals surface area contributed by atoms with Gasteiger partial charge in [0.25, 0.3) is 0 Å². The van der Waals surface area contributed by atoms with Crippen molar-refractivity contribution in [1.82, 2.24) is 0 Å². The molecule has 4 heteroatoms. The molecule has 3 nitrogen and oxygen atoms in total. The van der Waals surface area contributed by atoms with Gasteiger partial charge in [-0.05, 0) is 53.8 Å². The molecule has 0 radical (unpaired) electrons. The summed E-state index contributed by atoms with van der Waals surface area (Å²) in [6, 6.07) is 13.6. The van der Waals surface area contributed by atoms with Gasteiger partial charge in [-0.15, -0.1) is 0 Å². The maximum absolute atomic E-state index is 12.6. The van der Waals surface area contributed by atoms with Gasteiger partial charge in [-0.25, -0.2) is 8.42 Å². The van der Waals surface area contributed by atoms with E-state index >= 15 is 0 Å². The second kappa shape index (κ2) is 6.13. The Morgan fingerprint density at radius 3 is 1.77 bits per heavy atom. The van der Waals surface area contributed by atoms with Crippen molar-refractivity contribution < 1.29 is 13.2 Å². The van der Waals surface area contributed by atoms with E-state index in [0.29, 0.717) is 10.6 Å². The van der Waals surface area contributed by atoms with Crippen LogP contribution in [0.1, 0.15) is 32.8 Å². The summed E-state index contributed by atoms with van der Waals surface area (Å²) in [7, 11) is -1.94. The van der Waals surface area contributed by atoms with Gasteiger partial charge in [0.15, 0.2) is 0 Å². The zero-order valence-corrected chi connectivity index (χ0v) is 14.3. The van der Waals surface area contributed by atoms with Crippen molar-refractivity contribution in [2.45, 2.75) is 42.4 Å². The van der Waals surface area contributed by atoms with E-state index in [0.717, 1.165) is 12.0 Å². The average molecular weight is 318 g/mol. The lowest BCUT2D eigenvalue weighted by Crippen LogP contribution is -2.15. The summed E-state index contributed by atoms with van der Waals surface area (Å²) >= 11 is 0. The molecule has 0 amide bonds. The molecular weight excluding hydrogens is 296 g/mol. The minimum Gasteiger partial charge on any atom is -0.497 e. The van der Waals surface area contributed by atoms with E-state index in [1.165, 1.54) is 0 Å². The predicted octanol–water partition coefficient (Wildman–Crippen LogP) is 4.22. The second-order valence-corrected chi connectivity index (χ2v) is 7.89. The Kier molecular flexibility index (Phi) is 4.61. The Morgan fingerprint density at radius 1 is 0.909 bits per heavy atom. The summed E-state index contributed by atoms with van der Waals surface area (Å²) in [5, 5.41) is 0. The summed E-state index contributed by atoms with van der Waals surface area (Å²) in [5.74, 6) is 0.638. The Labute approximate surface area is 132 Å². The highest BCUT2D eigenvalue weighted by molar-refractivity contribution is 7.91. The van der Waals surface area contributed by atoms with Crippen molar-refractivity contribution in [3.63, 3.8) is 0 Å². The third-order valence-electron chi connectivity index (χ3n) is 4.20. The molecule has 0 heterocycles. The predicted molar refractivity (Wildman–Crippen MR) is 88.2 cm³/mol. The monoisotopic (exact) mass is 318 g/mol. The van der Waals surface area contributed by atoms with Crippen LogP contribution in [-0.2, 0) is 15.3 Å². The Hall–Kier alpha value is -1.81. The van der Waals surface area contributed by atoms with Gasteiger partial charge in [0.1, 0.15) is 5.75 Å². The first kappa shape index (κ1) is 16.6. The Morgan fingerprint density at radius 2 is 1.36 bits per heavy atom. The number of rotatable bonds is 5. The topological polar surface area (TPSA) is 43.4 Å². The summed E-state index contributed by atoms with van der Waals surface area (Å²) in [5.41, 5.74) is 1.19. The van der Waals surface area contributed by atoms with Crippen molar-refractivity contribution in [2.75, 3.05) is 7.11 Å². The SMILES string of the molecule is CCC(C)(C)c1ccc(S(=O)(=O)c2ccc(OC)cc2)cc1. The van der Waals surface area contributed by atoms with Gasteiger partial charge in [0.05, 0.1) is 16.9 Å². The summed E-state index contributed by atoms with van der Waals surface area (Å²) in [4.78, 5) is 0.587. The van der Waals surface area contributed by atoms with E-state index in [2.05, 4.69) is 20.8 Å². The van der Waals surface area contributed by atoms with Crippen molar-refractivity contribution in [3.05, 3.63) is 54.1 Å². The highest BCUT2D eigenvalue weighted by Gasteiger charge is 2.21. The summed E-state index contributed by atoms with van der Waals surface area (Å²) in [6.45, 7) is 6.43. The van der Waals surface area contributed by atoms with Crippen LogP contribution in [0.2, 0.25) is 0 Å². The molecule has 2 aromatic carbocycles. The molecule has 118 valence electrons. The molecule has 0 aliphatic rings. The third kappa shape index (κ3) is 3.17. The molecule has 2 rings (SSSR count). The van der Waals surface area contributed by atoms with Crippen LogP contribution in [0.25, 0.3) is 0 Å². The number of hydrogen-bond acceptors (Lipinski definition) is 3. The van der Waals surface area contributed by atoms with Crippen molar-refractivity contribution >= 4 is 9.84 Å². The van der Waals surface area contributed by atoms with E-state index in [1.807, 2.05) is 12.1 Å². The number of ether oxygens (including phenoxy) is 1. The molecule has 0 aliphatic carbocycles. The van der Waals surface area contributed by atoms with E-state index in [-0.39, 0.29) is 10.3 Å². The lowest BCUT2D eigenvalue weighted by atomic mass is 9.82. The molecule has 0 unspecified atom stereocenters. The molecule has 22 heavy (non-hydrogen) atoms. The minimum atomic E-state index is -3.49. The first-order valence-electron chi connectivity index (χ1n) is 7.31. The minimum absolute atomic E-state index is 0.0441. The summed E-state index contributed by atoms with van der Waals surface area (Å²) in [6.07, 6.45) is 0.998. The van der Waals surface area contributed by atoms with Gasteiger partial charge in [0, 0.05) is 0 Å². The molecule has 0 N–H and O–H groups in total. The molecule has 0 bridgehead atoms. The van der Waals surface area contributed by atoms with Gasteiger partial charge in [-0.1, -0.05) is 32.9 Å². The standard InChI is InChI=1S/C18H22O3S/c1-5-18(2,3)14-6-10-16(11-7-14)22(19,20)17-12-8-15(21-4)9-13-17/h6-13H,5H2,1-4H3. The fourth-order valence-electron chi connectivity index (χ4n) is 2.18. The zero-order chi connectivity index (χ0) is 16.4. The summed E-state index contributed by atoms with van der Waals surface area (Å²) < 4.78 is 30.3. The number of hydrogen-bond donors (Lipinski definition) is 0. The first-order chi connectivity index (χ1) is 10.3. The van der Waals surface area contributed by atoms with Gasteiger partial charge >= 0.3 is 0 Å². The van der Waals surface area contributed by atoms with Crippen LogP contribution in [0.5, 0.6) is 5.75 Å². The van der Waals surface area contributed by atoms with Gasteiger partial charge < -0.3 is 4.74 Å². The molecule has 0 saturated carbocycles. The molecule has 0 saturated heterocycles. The second-order valence-electron chi connectivity index (χ2n) is 5.94. The van der Waals surface area contributed by atoms with Crippen LogP contribution in [0.4, 0.5) is 0 Å². The number of benzene rings is 2. The van der Waals surface area contributed by atoms with Crippen molar-refractivity contribution in [2.24, 2.45) is 0 Å². The molecular formula is C18H22O3S. The lowest BCUT2D eigenvalue weighted by molar-refractivity contribution is 0.414. The van der Waals surface area contributed by atoms with E-state index < -0.39 is 9.84 Å². The fourth-order valence-corrected chi connectivity index (χ4v) is 3.44. The van der Waals surface area contributed by atoms with Crippen LogP contribution in [0.3, 0.4) is 0 Å². The average Bonchev–Trinajstić information content (AvgIpc) is 2.55. The van der Waals surface area contributed by atoms with Crippen LogP contribution in [-0.4, -0.2) is 15.5 Å². The molecule has 0 aromatic heterocycles. The lowest BCUT2D eigenvalue weighted by Gasteiger charge is -2.23. The molecule has 0 aliphatic heterocycles. The van der Waals surface area contributed by atoms with E-state index in [9.17, 15) is 8.42 Å². The van der Waals surface area contributed by atoms with Crippen molar-refractivity contribution in [1.29, 1.82) is 0 Å². The maximum Gasteiger partial charge on any atom is 0.206 e. The van der Waals surface area contributed by atoms with Gasteiger partial charge in [-0.3, -0.25) is 0 Å². The van der Waals surface area contributed by atoms with Crippen LogP contribution < -0.4 is 4.74 Å². The van der Waals surface area contributed by atoms with E-state index in [4.69, 9.17) is 4.74 Å². The van der Waals surface area contributed by atoms with Crippen LogP contribution in [0, 0.1) is 0 Å². The number of sulfone groups is 1. The zero-order valence-electron chi connectivity index (χ0n) is 13.5. The molecule has 2 aromatic rings. The Balaban J connectivity index is 2.37. The van der Waals surface area contributed by atoms with Crippen LogP contribution in [0.15, 0.2) is 58.3 Å². The van der Waals surface area contributed by atoms with E-state index in [1.54, 1.807) is 43.5 Å². The van der Waals surface area contributed by atoms with Gasteiger partial charge in [-0.2, -0.15) is 0 Å². The Bertz CT molecular complexity index is 727. The molecule has 0 fully saturated rings. The highest BCUT2D eigenvalue weighted by atomic mass is 32.2. The third-order valence-corrected chi connectivity index (χ3v) is 5.99. The molecule has 0 atom stereocenters. The smallest absolute Gasteiger partial charge is 0.206 e. The molecule has 0 spiro atoms.